The molecule has 2 aliphatic heterocycles. The van der Waals surface area contributed by atoms with Crippen LogP contribution in [0.5, 0.6) is 11.5 Å². The van der Waals surface area contributed by atoms with Gasteiger partial charge in [-0.3, -0.25) is 4.79 Å². The molecule has 1 saturated heterocycles. The molecular weight excluding hydrogens is 350 g/mol. The van der Waals surface area contributed by atoms with Crippen LogP contribution in [-0.2, 0) is 0 Å². The van der Waals surface area contributed by atoms with Crippen molar-refractivity contribution < 1.29 is 14.3 Å². The van der Waals surface area contributed by atoms with Gasteiger partial charge in [-0.15, -0.1) is 0 Å². The number of ether oxygens (including phenoxy) is 2. The van der Waals surface area contributed by atoms with Crippen LogP contribution in [0.2, 0.25) is 0 Å². The summed E-state index contributed by atoms with van der Waals surface area (Å²) in [7, 11) is 0. The fourth-order valence-electron chi connectivity index (χ4n) is 4.40. The Balaban J connectivity index is 1.52. The first-order chi connectivity index (χ1) is 13.8. The first-order valence-corrected chi connectivity index (χ1v) is 10.5. The fourth-order valence-corrected chi connectivity index (χ4v) is 4.40. The monoisotopic (exact) mass is 379 g/mol. The van der Waals surface area contributed by atoms with E-state index in [4.69, 9.17) is 9.47 Å². The van der Waals surface area contributed by atoms with Crippen molar-refractivity contribution in [2.24, 2.45) is 0 Å². The summed E-state index contributed by atoms with van der Waals surface area (Å²) >= 11 is 0. The van der Waals surface area contributed by atoms with Crippen LogP contribution in [0.1, 0.15) is 60.9 Å². The number of carbonyl (C=O) groups is 1. The van der Waals surface area contributed by atoms with Crippen LogP contribution in [0.3, 0.4) is 0 Å². The van der Waals surface area contributed by atoms with E-state index in [0.29, 0.717) is 36.5 Å². The summed E-state index contributed by atoms with van der Waals surface area (Å²) in [4.78, 5) is 15.4. The minimum Gasteiger partial charge on any atom is -0.486 e. The van der Waals surface area contributed by atoms with Crippen molar-refractivity contribution in [2.75, 3.05) is 19.8 Å². The zero-order valence-electron chi connectivity index (χ0n) is 16.6. The first kappa shape index (κ1) is 18.9. The number of piperidine rings is 1. The van der Waals surface area contributed by atoms with Crippen molar-refractivity contribution in [3.05, 3.63) is 59.7 Å². The number of benzene rings is 2. The standard InChI is InChI=1S/C24H29NO3/c1-2-3-9-21-16-19(18-7-5-4-6-8-18)12-13-25(21)24(26)20-10-11-22-23(17-20)28-15-14-27-22/h4-8,10-11,17,19,21H,2-3,9,12-16H2,1H3. The lowest BCUT2D eigenvalue weighted by molar-refractivity contribution is 0.0574. The number of amides is 1. The summed E-state index contributed by atoms with van der Waals surface area (Å²) in [5.74, 6) is 2.06. The highest BCUT2D eigenvalue weighted by Gasteiger charge is 2.32. The molecule has 0 bridgehead atoms. The summed E-state index contributed by atoms with van der Waals surface area (Å²) in [5.41, 5.74) is 2.10. The Morgan fingerprint density at radius 2 is 1.86 bits per heavy atom. The average Bonchev–Trinajstić information content (AvgIpc) is 2.77. The first-order valence-electron chi connectivity index (χ1n) is 10.5. The fraction of sp³-hybridized carbons (Fsp3) is 0.458. The summed E-state index contributed by atoms with van der Waals surface area (Å²) in [5, 5.41) is 0. The lowest BCUT2D eigenvalue weighted by Gasteiger charge is -2.40. The van der Waals surface area contributed by atoms with Gasteiger partial charge in [0.15, 0.2) is 11.5 Å². The second-order valence-corrected chi connectivity index (χ2v) is 7.79. The molecule has 2 aromatic carbocycles. The summed E-state index contributed by atoms with van der Waals surface area (Å²) < 4.78 is 11.3. The van der Waals surface area contributed by atoms with Gasteiger partial charge in [0.2, 0.25) is 0 Å². The number of likely N-dealkylation sites (tertiary alicyclic amines) is 1. The van der Waals surface area contributed by atoms with Gasteiger partial charge in [-0.25, -0.2) is 0 Å². The van der Waals surface area contributed by atoms with Gasteiger partial charge in [-0.1, -0.05) is 50.1 Å². The SMILES string of the molecule is CCCCC1CC(c2ccccc2)CCN1C(=O)c1ccc2c(c1)OCCO2. The molecule has 28 heavy (non-hydrogen) atoms. The Kier molecular flexibility index (Phi) is 5.84. The maximum atomic E-state index is 13.3. The van der Waals surface area contributed by atoms with Crippen molar-refractivity contribution in [2.45, 2.75) is 51.0 Å². The van der Waals surface area contributed by atoms with Gasteiger partial charge >= 0.3 is 0 Å². The zero-order chi connectivity index (χ0) is 19.3. The average molecular weight is 380 g/mol. The number of unbranched alkanes of at least 4 members (excludes halogenated alkanes) is 1. The number of fused-ring (bicyclic) bond motifs is 1. The Hall–Kier alpha value is -2.49. The number of carbonyl (C=O) groups excluding carboxylic acids is 1. The molecular formula is C24H29NO3. The van der Waals surface area contributed by atoms with Crippen LogP contribution in [0.15, 0.2) is 48.5 Å². The van der Waals surface area contributed by atoms with Crippen LogP contribution in [-0.4, -0.2) is 36.6 Å². The third kappa shape index (κ3) is 4.01. The number of hydrogen-bond donors (Lipinski definition) is 0. The molecule has 0 aliphatic carbocycles. The van der Waals surface area contributed by atoms with Crippen LogP contribution in [0.4, 0.5) is 0 Å². The topological polar surface area (TPSA) is 38.8 Å². The molecule has 0 aromatic heterocycles. The molecule has 4 heteroatoms. The van der Waals surface area contributed by atoms with E-state index < -0.39 is 0 Å². The Bertz CT molecular complexity index is 805. The van der Waals surface area contributed by atoms with Crippen molar-refractivity contribution in [3.63, 3.8) is 0 Å². The van der Waals surface area contributed by atoms with Crippen molar-refractivity contribution in [1.82, 2.24) is 4.90 Å². The summed E-state index contributed by atoms with van der Waals surface area (Å²) in [6.07, 6.45) is 5.43. The van der Waals surface area contributed by atoms with Gasteiger partial charge in [0.1, 0.15) is 13.2 Å². The third-order valence-corrected chi connectivity index (χ3v) is 5.93. The molecule has 0 spiro atoms. The van der Waals surface area contributed by atoms with E-state index in [9.17, 15) is 4.79 Å². The van der Waals surface area contributed by atoms with E-state index in [0.717, 1.165) is 44.4 Å². The van der Waals surface area contributed by atoms with Crippen LogP contribution in [0, 0.1) is 0 Å². The van der Waals surface area contributed by atoms with Gasteiger partial charge in [0.25, 0.3) is 5.91 Å². The molecule has 2 unspecified atom stereocenters. The third-order valence-electron chi connectivity index (χ3n) is 5.93. The Morgan fingerprint density at radius 3 is 2.64 bits per heavy atom. The van der Waals surface area contributed by atoms with E-state index in [1.54, 1.807) is 0 Å². The molecule has 1 amide bonds. The normalized spacial score (nSPS) is 21.4. The number of nitrogens with zero attached hydrogens (tertiary/aromatic N) is 1. The highest BCUT2D eigenvalue weighted by Crippen LogP contribution is 2.36. The Morgan fingerprint density at radius 1 is 1.07 bits per heavy atom. The number of hydrogen-bond acceptors (Lipinski definition) is 3. The van der Waals surface area contributed by atoms with E-state index in [1.165, 1.54) is 5.56 Å². The summed E-state index contributed by atoms with van der Waals surface area (Å²) in [6.45, 7) is 4.12. The molecule has 2 heterocycles. The second-order valence-electron chi connectivity index (χ2n) is 7.79. The predicted octanol–water partition coefficient (Wildman–Crippen LogP) is 5.04. The van der Waals surface area contributed by atoms with E-state index in [2.05, 4.69) is 42.2 Å². The molecule has 2 aliphatic rings. The zero-order valence-corrected chi connectivity index (χ0v) is 16.6. The molecule has 1 fully saturated rings. The van der Waals surface area contributed by atoms with Gasteiger partial charge in [0.05, 0.1) is 0 Å². The molecule has 148 valence electrons. The van der Waals surface area contributed by atoms with E-state index >= 15 is 0 Å². The molecule has 2 atom stereocenters. The predicted molar refractivity (Wildman–Crippen MR) is 110 cm³/mol. The lowest BCUT2D eigenvalue weighted by Crippen LogP contribution is -2.45. The smallest absolute Gasteiger partial charge is 0.254 e. The van der Waals surface area contributed by atoms with E-state index in [-0.39, 0.29) is 5.91 Å². The van der Waals surface area contributed by atoms with Gasteiger partial charge < -0.3 is 14.4 Å². The maximum absolute atomic E-state index is 13.3. The minimum absolute atomic E-state index is 0.115. The van der Waals surface area contributed by atoms with Gasteiger partial charge in [0, 0.05) is 18.2 Å². The highest BCUT2D eigenvalue weighted by molar-refractivity contribution is 5.95. The van der Waals surface area contributed by atoms with E-state index in [1.807, 2.05) is 18.2 Å². The van der Waals surface area contributed by atoms with Crippen LogP contribution >= 0.6 is 0 Å². The van der Waals surface area contributed by atoms with Crippen molar-refractivity contribution in [1.29, 1.82) is 0 Å². The van der Waals surface area contributed by atoms with Crippen molar-refractivity contribution >= 4 is 5.91 Å². The molecule has 2 aromatic rings. The van der Waals surface area contributed by atoms with Crippen LogP contribution in [0.25, 0.3) is 0 Å². The maximum Gasteiger partial charge on any atom is 0.254 e. The lowest BCUT2D eigenvalue weighted by atomic mass is 9.83. The number of rotatable bonds is 5. The second kappa shape index (κ2) is 8.68. The Labute approximate surface area is 167 Å². The molecule has 0 N–H and O–H groups in total. The minimum atomic E-state index is 0.115. The quantitative estimate of drug-likeness (QED) is 0.731. The largest absolute Gasteiger partial charge is 0.486 e. The molecule has 4 rings (SSSR count). The molecule has 4 nitrogen and oxygen atoms in total. The van der Waals surface area contributed by atoms with Gasteiger partial charge in [-0.05, 0) is 48.9 Å². The molecule has 0 radical (unpaired) electrons. The van der Waals surface area contributed by atoms with Crippen LogP contribution < -0.4 is 9.47 Å². The highest BCUT2D eigenvalue weighted by atomic mass is 16.6. The van der Waals surface area contributed by atoms with Gasteiger partial charge in [-0.2, -0.15) is 0 Å². The molecule has 0 saturated carbocycles. The summed E-state index contributed by atoms with van der Waals surface area (Å²) in [6, 6.07) is 16.6. The van der Waals surface area contributed by atoms with Crippen molar-refractivity contribution in [3.8, 4) is 11.5 Å².